The van der Waals surface area contributed by atoms with Gasteiger partial charge in [-0.1, -0.05) is 12.8 Å². The Morgan fingerprint density at radius 1 is 1.20 bits per heavy atom. The van der Waals surface area contributed by atoms with E-state index < -0.39 is 6.10 Å². The Morgan fingerprint density at radius 3 is 2.45 bits per heavy atom. The van der Waals surface area contributed by atoms with Gasteiger partial charge in [0.25, 0.3) is 0 Å². The Bertz CT molecular complexity index is 445. The third kappa shape index (κ3) is 3.87. The highest BCUT2D eigenvalue weighted by Crippen LogP contribution is 2.19. The molecule has 0 radical (unpaired) electrons. The van der Waals surface area contributed by atoms with E-state index in [1.807, 2.05) is 43.3 Å². The van der Waals surface area contributed by atoms with Gasteiger partial charge in [-0.05, 0) is 37.1 Å². The van der Waals surface area contributed by atoms with Crippen LogP contribution in [0.25, 0.3) is 0 Å². The molecular weight excluding hydrogens is 254 g/mol. The Hall–Kier alpha value is -1.75. The van der Waals surface area contributed by atoms with Crippen LogP contribution in [0.2, 0.25) is 0 Å². The van der Waals surface area contributed by atoms with Crippen molar-refractivity contribution in [2.45, 2.75) is 37.8 Å². The number of nitrogens with zero attached hydrogens (tertiary/aromatic N) is 1. The molecule has 110 valence electrons. The summed E-state index contributed by atoms with van der Waals surface area (Å²) in [5.41, 5.74) is 1.83. The number of aliphatic hydroxyl groups is 1. The Balaban J connectivity index is 1.87. The molecule has 1 aliphatic carbocycles. The molecule has 2 atom stereocenters. The van der Waals surface area contributed by atoms with Gasteiger partial charge in [-0.3, -0.25) is 0 Å². The molecule has 0 aliphatic heterocycles. The van der Waals surface area contributed by atoms with Crippen molar-refractivity contribution in [3.8, 4) is 0 Å². The molecule has 1 saturated carbocycles. The molecule has 0 saturated heterocycles. The van der Waals surface area contributed by atoms with Crippen LogP contribution in [0.5, 0.6) is 0 Å². The highest BCUT2D eigenvalue weighted by atomic mass is 16.3. The number of hydrogen-bond donors (Lipinski definition) is 3. The SMILES string of the molecule is CN(C)c1ccc(NC(=O)NC2CCCCC2O)cc1. The summed E-state index contributed by atoms with van der Waals surface area (Å²) in [7, 11) is 3.94. The number of carbonyl (C=O) groups is 1. The van der Waals surface area contributed by atoms with Crippen LogP contribution in [0, 0.1) is 0 Å². The number of hydrogen-bond acceptors (Lipinski definition) is 3. The van der Waals surface area contributed by atoms with Gasteiger partial charge in [0, 0.05) is 25.5 Å². The van der Waals surface area contributed by atoms with Gasteiger partial charge >= 0.3 is 6.03 Å². The summed E-state index contributed by atoms with van der Waals surface area (Å²) in [4.78, 5) is 13.9. The second kappa shape index (κ2) is 6.61. The van der Waals surface area contributed by atoms with E-state index >= 15 is 0 Å². The number of benzene rings is 1. The minimum Gasteiger partial charge on any atom is -0.391 e. The molecule has 1 fully saturated rings. The van der Waals surface area contributed by atoms with E-state index in [4.69, 9.17) is 0 Å². The van der Waals surface area contributed by atoms with Crippen LogP contribution in [0.4, 0.5) is 16.2 Å². The predicted molar refractivity (Wildman–Crippen MR) is 81.2 cm³/mol. The highest BCUT2D eigenvalue weighted by Gasteiger charge is 2.24. The molecule has 1 aliphatic rings. The van der Waals surface area contributed by atoms with Crippen LogP contribution in [0.1, 0.15) is 25.7 Å². The lowest BCUT2D eigenvalue weighted by atomic mass is 9.93. The predicted octanol–water partition coefficient (Wildman–Crippen LogP) is 2.18. The maximum Gasteiger partial charge on any atom is 0.319 e. The van der Waals surface area contributed by atoms with E-state index in [1.54, 1.807) is 0 Å². The third-order valence-electron chi connectivity index (χ3n) is 3.69. The monoisotopic (exact) mass is 277 g/mol. The molecular formula is C15H23N3O2. The van der Waals surface area contributed by atoms with Crippen molar-refractivity contribution in [3.63, 3.8) is 0 Å². The number of amides is 2. The maximum absolute atomic E-state index is 11.9. The smallest absolute Gasteiger partial charge is 0.319 e. The van der Waals surface area contributed by atoms with Gasteiger partial charge in [-0.25, -0.2) is 4.79 Å². The molecule has 20 heavy (non-hydrogen) atoms. The van der Waals surface area contributed by atoms with Gasteiger partial charge in [-0.15, -0.1) is 0 Å². The molecule has 1 aromatic rings. The molecule has 2 unspecified atom stereocenters. The maximum atomic E-state index is 11.9. The highest BCUT2D eigenvalue weighted by molar-refractivity contribution is 5.89. The standard InChI is InChI=1S/C15H23N3O2/c1-18(2)12-9-7-11(8-10-12)16-15(20)17-13-5-3-4-6-14(13)19/h7-10,13-14,19H,3-6H2,1-2H3,(H2,16,17,20). The first kappa shape index (κ1) is 14.7. The summed E-state index contributed by atoms with van der Waals surface area (Å²) in [5, 5.41) is 15.5. The van der Waals surface area contributed by atoms with Gasteiger partial charge in [0.2, 0.25) is 0 Å². The van der Waals surface area contributed by atoms with Gasteiger partial charge < -0.3 is 20.6 Å². The summed E-state index contributed by atoms with van der Waals surface area (Å²) < 4.78 is 0. The summed E-state index contributed by atoms with van der Waals surface area (Å²) in [5.74, 6) is 0. The molecule has 0 heterocycles. The number of aliphatic hydroxyl groups excluding tert-OH is 1. The molecule has 2 rings (SSSR count). The zero-order valence-corrected chi connectivity index (χ0v) is 12.1. The van der Waals surface area contributed by atoms with Gasteiger partial charge in [0.05, 0.1) is 12.1 Å². The lowest BCUT2D eigenvalue weighted by Gasteiger charge is -2.28. The fourth-order valence-electron chi connectivity index (χ4n) is 2.46. The van der Waals surface area contributed by atoms with Crippen LogP contribution < -0.4 is 15.5 Å². The first-order chi connectivity index (χ1) is 9.56. The van der Waals surface area contributed by atoms with Gasteiger partial charge in [0.15, 0.2) is 0 Å². The summed E-state index contributed by atoms with van der Waals surface area (Å²) in [6.45, 7) is 0. The van der Waals surface area contributed by atoms with Crippen LogP contribution in [0.15, 0.2) is 24.3 Å². The first-order valence-electron chi connectivity index (χ1n) is 7.09. The lowest BCUT2D eigenvalue weighted by Crippen LogP contribution is -2.46. The molecule has 3 N–H and O–H groups in total. The Morgan fingerprint density at radius 2 is 1.85 bits per heavy atom. The van der Waals surface area contributed by atoms with Crippen LogP contribution >= 0.6 is 0 Å². The van der Waals surface area contributed by atoms with E-state index in [0.29, 0.717) is 0 Å². The second-order valence-corrected chi connectivity index (χ2v) is 5.50. The van der Waals surface area contributed by atoms with E-state index in [1.165, 1.54) is 0 Å². The second-order valence-electron chi connectivity index (χ2n) is 5.50. The fraction of sp³-hybridized carbons (Fsp3) is 0.533. The third-order valence-corrected chi connectivity index (χ3v) is 3.69. The van der Waals surface area contributed by atoms with Crippen molar-refractivity contribution < 1.29 is 9.90 Å². The van der Waals surface area contributed by atoms with Crippen molar-refractivity contribution in [1.29, 1.82) is 0 Å². The lowest BCUT2D eigenvalue weighted by molar-refractivity contribution is 0.0955. The summed E-state index contributed by atoms with van der Waals surface area (Å²) in [6.07, 6.45) is 3.27. The largest absolute Gasteiger partial charge is 0.391 e. The average Bonchev–Trinajstić information content (AvgIpc) is 2.42. The molecule has 5 heteroatoms. The number of carbonyl (C=O) groups excluding carboxylic acids is 1. The zero-order chi connectivity index (χ0) is 14.5. The summed E-state index contributed by atoms with van der Waals surface area (Å²) in [6, 6.07) is 7.24. The number of nitrogens with one attached hydrogen (secondary N) is 2. The van der Waals surface area contributed by atoms with Gasteiger partial charge in [0.1, 0.15) is 0 Å². The van der Waals surface area contributed by atoms with Crippen molar-refractivity contribution in [2.75, 3.05) is 24.3 Å². The van der Waals surface area contributed by atoms with E-state index in [0.717, 1.165) is 37.1 Å². The normalized spacial score (nSPS) is 22.1. The molecule has 0 spiro atoms. The molecule has 0 aromatic heterocycles. The topological polar surface area (TPSA) is 64.6 Å². The minimum atomic E-state index is -0.425. The van der Waals surface area contributed by atoms with E-state index in [2.05, 4.69) is 10.6 Å². The summed E-state index contributed by atoms with van der Waals surface area (Å²) >= 11 is 0. The number of rotatable bonds is 3. The first-order valence-corrected chi connectivity index (χ1v) is 7.09. The van der Waals surface area contributed by atoms with Gasteiger partial charge in [-0.2, -0.15) is 0 Å². The van der Waals surface area contributed by atoms with E-state index in [-0.39, 0.29) is 12.1 Å². The Kier molecular flexibility index (Phi) is 4.84. The quantitative estimate of drug-likeness (QED) is 0.793. The van der Waals surface area contributed by atoms with Crippen molar-refractivity contribution in [2.24, 2.45) is 0 Å². The molecule has 0 bridgehead atoms. The molecule has 2 amide bonds. The van der Waals surface area contributed by atoms with E-state index in [9.17, 15) is 9.90 Å². The minimum absolute atomic E-state index is 0.134. The van der Waals surface area contributed by atoms with Crippen LogP contribution in [0.3, 0.4) is 0 Å². The fourth-order valence-corrected chi connectivity index (χ4v) is 2.46. The van der Waals surface area contributed by atoms with Crippen LogP contribution in [-0.2, 0) is 0 Å². The molecule has 5 nitrogen and oxygen atoms in total. The van der Waals surface area contributed by atoms with Crippen LogP contribution in [-0.4, -0.2) is 37.4 Å². The molecule has 1 aromatic carbocycles. The average molecular weight is 277 g/mol. The van der Waals surface area contributed by atoms with Crippen molar-refractivity contribution in [3.05, 3.63) is 24.3 Å². The zero-order valence-electron chi connectivity index (χ0n) is 12.1. The van der Waals surface area contributed by atoms with Crippen molar-refractivity contribution in [1.82, 2.24) is 5.32 Å². The number of urea groups is 1. The van der Waals surface area contributed by atoms with Crippen molar-refractivity contribution >= 4 is 17.4 Å². The number of anilines is 2. The Labute approximate surface area is 120 Å².